The van der Waals surface area contributed by atoms with Crippen molar-refractivity contribution in [2.75, 3.05) is 31.1 Å². The van der Waals surface area contributed by atoms with Crippen LogP contribution in [-0.4, -0.2) is 46.5 Å². The second kappa shape index (κ2) is 8.88. The Hall–Kier alpha value is -3.58. The molecule has 7 nitrogen and oxygen atoms in total. The van der Waals surface area contributed by atoms with Gasteiger partial charge in [0, 0.05) is 50.3 Å². The number of rotatable bonds is 3. The summed E-state index contributed by atoms with van der Waals surface area (Å²) in [5, 5.41) is 0.479. The van der Waals surface area contributed by atoms with Crippen molar-refractivity contribution in [2.24, 2.45) is 0 Å². The molecule has 0 saturated carbocycles. The van der Waals surface area contributed by atoms with Gasteiger partial charge in [0.05, 0.1) is 5.39 Å². The number of benzene rings is 2. The zero-order chi connectivity index (χ0) is 21.4. The molecule has 32 heavy (non-hydrogen) atoms. The van der Waals surface area contributed by atoms with Crippen LogP contribution >= 0.6 is 12.4 Å². The van der Waals surface area contributed by atoms with Gasteiger partial charge >= 0.3 is 0 Å². The lowest BCUT2D eigenvalue weighted by Gasteiger charge is -2.35. The van der Waals surface area contributed by atoms with Crippen LogP contribution in [0.5, 0.6) is 0 Å². The predicted molar refractivity (Wildman–Crippen MR) is 126 cm³/mol. The first-order valence-electron chi connectivity index (χ1n) is 10.3. The van der Waals surface area contributed by atoms with Gasteiger partial charge in [-0.3, -0.25) is 14.2 Å². The summed E-state index contributed by atoms with van der Waals surface area (Å²) in [5.74, 6) is 0.677. The van der Waals surface area contributed by atoms with E-state index in [0.717, 1.165) is 11.6 Å². The zero-order valence-electron chi connectivity index (χ0n) is 17.6. The normalized spacial score (nSPS) is 13.8. The molecule has 1 aliphatic rings. The van der Waals surface area contributed by atoms with Gasteiger partial charge in [0.2, 0.25) is 5.95 Å². The summed E-state index contributed by atoms with van der Waals surface area (Å²) in [6.07, 6.45) is 3.73. The lowest BCUT2D eigenvalue weighted by molar-refractivity contribution is 0.0714. The third-order valence-electron chi connectivity index (χ3n) is 5.63. The number of para-hydroxylation sites is 1. The van der Waals surface area contributed by atoms with Crippen molar-refractivity contribution in [3.63, 3.8) is 0 Å². The Morgan fingerprint density at radius 1 is 1.00 bits per heavy atom. The fourth-order valence-corrected chi connectivity index (χ4v) is 3.91. The minimum Gasteiger partial charge on any atom is -0.451 e. The number of hydrogen-bond donors (Lipinski definition) is 0. The number of carbonyl (C=O) groups is 1. The largest absolute Gasteiger partial charge is 0.451 e. The first-order valence-corrected chi connectivity index (χ1v) is 10.3. The van der Waals surface area contributed by atoms with Gasteiger partial charge < -0.3 is 14.2 Å². The monoisotopic (exact) mass is 450 g/mol. The highest BCUT2D eigenvalue weighted by molar-refractivity contribution is 5.93. The van der Waals surface area contributed by atoms with E-state index < -0.39 is 0 Å². The van der Waals surface area contributed by atoms with E-state index >= 15 is 0 Å². The molecule has 3 heterocycles. The molecule has 1 amide bonds. The standard InChI is InChI=1S/C24H22N4O3.ClH/c1-17-6-8-18(9-7-17)28-11-10-25-24(28)27-14-12-26(13-15-27)23(30)22-16-20(29)19-4-2-3-5-21(19)31-22;/h2-11,16H,12-15H2,1H3;1H. The Morgan fingerprint density at radius 2 is 1.72 bits per heavy atom. The van der Waals surface area contributed by atoms with E-state index in [2.05, 4.69) is 45.6 Å². The number of halogens is 1. The maximum absolute atomic E-state index is 13.0. The fraction of sp³-hybridized carbons (Fsp3) is 0.208. The molecule has 0 radical (unpaired) electrons. The molecule has 0 atom stereocenters. The van der Waals surface area contributed by atoms with Crippen molar-refractivity contribution in [3.05, 3.63) is 88.5 Å². The van der Waals surface area contributed by atoms with Crippen LogP contribution in [0.25, 0.3) is 16.7 Å². The maximum atomic E-state index is 13.0. The second-order valence-electron chi connectivity index (χ2n) is 7.68. The first kappa shape index (κ1) is 21.6. The van der Waals surface area contributed by atoms with E-state index in [1.54, 1.807) is 35.4 Å². The number of aromatic nitrogens is 2. The summed E-state index contributed by atoms with van der Waals surface area (Å²) in [7, 11) is 0. The zero-order valence-corrected chi connectivity index (χ0v) is 18.4. The van der Waals surface area contributed by atoms with Gasteiger partial charge in [0.25, 0.3) is 5.91 Å². The van der Waals surface area contributed by atoms with Crippen molar-refractivity contribution in [1.82, 2.24) is 14.5 Å². The molecule has 1 saturated heterocycles. The number of anilines is 1. The van der Waals surface area contributed by atoms with E-state index in [-0.39, 0.29) is 29.5 Å². The maximum Gasteiger partial charge on any atom is 0.289 e. The van der Waals surface area contributed by atoms with E-state index in [4.69, 9.17) is 4.42 Å². The molecule has 0 aliphatic carbocycles. The molecular weight excluding hydrogens is 428 g/mol. The van der Waals surface area contributed by atoms with Gasteiger partial charge in [0.15, 0.2) is 11.2 Å². The van der Waals surface area contributed by atoms with Gasteiger partial charge in [-0.05, 0) is 31.2 Å². The number of hydrogen-bond acceptors (Lipinski definition) is 5. The van der Waals surface area contributed by atoms with Crippen LogP contribution < -0.4 is 10.3 Å². The Balaban J connectivity index is 0.00000245. The Morgan fingerprint density at radius 3 is 2.47 bits per heavy atom. The van der Waals surface area contributed by atoms with Crippen molar-refractivity contribution in [2.45, 2.75) is 6.92 Å². The van der Waals surface area contributed by atoms with E-state index in [0.29, 0.717) is 37.1 Å². The van der Waals surface area contributed by atoms with Crippen molar-refractivity contribution < 1.29 is 9.21 Å². The Bertz CT molecular complexity index is 1300. The van der Waals surface area contributed by atoms with E-state index in [9.17, 15) is 9.59 Å². The molecule has 0 N–H and O–H groups in total. The molecule has 2 aromatic heterocycles. The third-order valence-corrected chi connectivity index (χ3v) is 5.63. The number of fused-ring (bicyclic) bond motifs is 1. The number of aryl methyl sites for hydroxylation is 1. The molecule has 4 aromatic rings. The number of nitrogens with zero attached hydrogens (tertiary/aromatic N) is 4. The summed E-state index contributed by atoms with van der Waals surface area (Å²) >= 11 is 0. The quantitative estimate of drug-likeness (QED) is 0.476. The predicted octanol–water partition coefficient (Wildman–Crippen LogP) is 3.67. The molecule has 5 rings (SSSR count). The Kier molecular flexibility index (Phi) is 6.01. The second-order valence-corrected chi connectivity index (χ2v) is 7.68. The van der Waals surface area contributed by atoms with Crippen molar-refractivity contribution in [3.8, 4) is 5.69 Å². The van der Waals surface area contributed by atoms with Gasteiger partial charge in [-0.1, -0.05) is 29.8 Å². The number of carbonyl (C=O) groups excluding carboxylic acids is 1. The molecule has 8 heteroatoms. The van der Waals surface area contributed by atoms with Crippen molar-refractivity contribution in [1.29, 1.82) is 0 Å². The molecule has 0 spiro atoms. The van der Waals surface area contributed by atoms with Crippen LogP contribution in [0, 0.1) is 6.92 Å². The molecule has 164 valence electrons. The molecule has 0 unspecified atom stereocenters. The lowest BCUT2D eigenvalue weighted by atomic mass is 10.2. The average molecular weight is 451 g/mol. The number of imidazole rings is 1. The summed E-state index contributed by atoms with van der Waals surface area (Å²) in [6.45, 7) is 4.40. The first-order chi connectivity index (χ1) is 15.1. The smallest absolute Gasteiger partial charge is 0.289 e. The molecule has 2 aromatic carbocycles. The number of amides is 1. The van der Waals surface area contributed by atoms with Crippen LogP contribution in [0.2, 0.25) is 0 Å². The average Bonchev–Trinajstić information content (AvgIpc) is 3.29. The minimum atomic E-state index is -0.260. The molecular formula is C24H23ClN4O3. The lowest BCUT2D eigenvalue weighted by Crippen LogP contribution is -2.49. The van der Waals surface area contributed by atoms with Crippen LogP contribution in [0.4, 0.5) is 5.95 Å². The molecule has 0 bridgehead atoms. The highest BCUT2D eigenvalue weighted by Gasteiger charge is 2.26. The van der Waals surface area contributed by atoms with Crippen LogP contribution in [0.15, 0.2) is 76.2 Å². The highest BCUT2D eigenvalue weighted by Crippen LogP contribution is 2.21. The topological polar surface area (TPSA) is 71.6 Å². The third kappa shape index (κ3) is 3.99. The van der Waals surface area contributed by atoms with E-state index in [1.807, 2.05) is 6.20 Å². The number of piperazine rings is 1. The summed E-state index contributed by atoms with van der Waals surface area (Å²) in [5.41, 5.74) is 2.48. The highest BCUT2D eigenvalue weighted by atomic mass is 35.5. The van der Waals surface area contributed by atoms with Gasteiger partial charge in [-0.25, -0.2) is 4.98 Å². The molecule has 1 aliphatic heterocycles. The summed E-state index contributed by atoms with van der Waals surface area (Å²) < 4.78 is 7.78. The van der Waals surface area contributed by atoms with Crippen LogP contribution in [0.3, 0.4) is 0 Å². The van der Waals surface area contributed by atoms with Crippen LogP contribution in [-0.2, 0) is 0 Å². The molecule has 1 fully saturated rings. The van der Waals surface area contributed by atoms with Gasteiger partial charge in [-0.2, -0.15) is 0 Å². The summed E-state index contributed by atoms with van der Waals surface area (Å²) in [6, 6.07) is 16.6. The van der Waals surface area contributed by atoms with Crippen LogP contribution in [0.1, 0.15) is 16.1 Å². The van der Waals surface area contributed by atoms with Gasteiger partial charge in [0.1, 0.15) is 5.58 Å². The fourth-order valence-electron chi connectivity index (χ4n) is 3.91. The minimum absolute atomic E-state index is 0. The SMILES string of the molecule is Cc1ccc(-n2ccnc2N2CCN(C(=O)c3cc(=O)c4ccccc4o3)CC2)cc1.Cl. The van der Waals surface area contributed by atoms with E-state index in [1.165, 1.54) is 11.6 Å². The van der Waals surface area contributed by atoms with Gasteiger partial charge in [-0.15, -0.1) is 12.4 Å². The van der Waals surface area contributed by atoms with Crippen molar-refractivity contribution >= 4 is 35.2 Å². The Labute approximate surface area is 191 Å². The summed E-state index contributed by atoms with van der Waals surface area (Å²) in [4.78, 5) is 33.7.